The molecule has 0 unspecified atom stereocenters. The zero-order valence-electron chi connectivity index (χ0n) is 11.5. The molecule has 0 amide bonds. The minimum atomic E-state index is 0.0791. The van der Waals surface area contributed by atoms with Crippen molar-refractivity contribution in [2.45, 2.75) is 27.2 Å². The van der Waals surface area contributed by atoms with Crippen molar-refractivity contribution in [3.8, 4) is 0 Å². The fourth-order valence-electron chi connectivity index (χ4n) is 2.76. The first-order chi connectivity index (χ1) is 8.47. The van der Waals surface area contributed by atoms with Crippen LogP contribution in [0.15, 0.2) is 16.9 Å². The molecule has 2 rings (SSSR count). The van der Waals surface area contributed by atoms with Gasteiger partial charge in [-0.25, -0.2) is 0 Å². The lowest BCUT2D eigenvalue weighted by atomic mass is 9.97. The number of fused-ring (bicyclic) bond motifs is 1. The van der Waals surface area contributed by atoms with Crippen LogP contribution < -0.4 is 11.3 Å². The predicted molar refractivity (Wildman–Crippen MR) is 76.2 cm³/mol. The molecule has 3 nitrogen and oxygen atoms in total. The number of aromatic nitrogens is 1. The van der Waals surface area contributed by atoms with Crippen LogP contribution in [0.25, 0.3) is 10.9 Å². The monoisotopic (exact) mass is 244 g/mol. The van der Waals surface area contributed by atoms with E-state index in [0.29, 0.717) is 13.0 Å². The molecule has 1 aromatic heterocycles. The van der Waals surface area contributed by atoms with Crippen molar-refractivity contribution in [3.63, 3.8) is 0 Å². The molecule has 0 aliphatic rings. The number of hydrogen-bond donors (Lipinski definition) is 1. The molecule has 2 aromatic rings. The quantitative estimate of drug-likeness (QED) is 0.878. The van der Waals surface area contributed by atoms with Gasteiger partial charge < -0.3 is 10.3 Å². The Morgan fingerprint density at radius 1 is 1.22 bits per heavy atom. The van der Waals surface area contributed by atoms with Gasteiger partial charge in [0.2, 0.25) is 0 Å². The lowest BCUT2D eigenvalue weighted by Crippen LogP contribution is -2.25. The third-order valence-corrected chi connectivity index (χ3v) is 3.61. The molecule has 0 spiro atoms. The van der Waals surface area contributed by atoms with E-state index in [0.717, 1.165) is 16.6 Å². The van der Waals surface area contributed by atoms with Gasteiger partial charge in [-0.1, -0.05) is 6.07 Å². The van der Waals surface area contributed by atoms with E-state index < -0.39 is 0 Å². The average molecular weight is 244 g/mol. The van der Waals surface area contributed by atoms with Crippen molar-refractivity contribution in [1.29, 1.82) is 0 Å². The first kappa shape index (κ1) is 12.8. The van der Waals surface area contributed by atoms with Gasteiger partial charge in [0.1, 0.15) is 0 Å². The summed E-state index contributed by atoms with van der Waals surface area (Å²) in [6.07, 6.45) is 0.641. The van der Waals surface area contributed by atoms with Crippen molar-refractivity contribution in [1.82, 2.24) is 4.57 Å². The van der Waals surface area contributed by atoms with Crippen molar-refractivity contribution in [2.75, 3.05) is 6.54 Å². The first-order valence-corrected chi connectivity index (χ1v) is 6.27. The van der Waals surface area contributed by atoms with Gasteiger partial charge in [-0.2, -0.15) is 0 Å². The van der Waals surface area contributed by atoms with Gasteiger partial charge in [0, 0.05) is 18.0 Å². The number of aryl methyl sites for hydroxylation is 4. The number of pyridine rings is 1. The molecular formula is C15H20N2O. The maximum Gasteiger partial charge on any atom is 0.254 e. The molecule has 1 heterocycles. The molecule has 0 bridgehead atoms. The summed E-state index contributed by atoms with van der Waals surface area (Å²) in [6, 6.07) is 4.23. The molecule has 0 aliphatic heterocycles. The van der Waals surface area contributed by atoms with Crippen LogP contribution in [0.2, 0.25) is 0 Å². The molecule has 96 valence electrons. The second-order valence-electron chi connectivity index (χ2n) is 4.98. The van der Waals surface area contributed by atoms with Crippen molar-refractivity contribution < 1.29 is 0 Å². The zero-order chi connectivity index (χ0) is 13.4. The molecule has 0 saturated carbocycles. The highest BCUT2D eigenvalue weighted by atomic mass is 16.1. The third-order valence-electron chi connectivity index (χ3n) is 3.61. The van der Waals surface area contributed by atoms with Gasteiger partial charge in [0.05, 0.1) is 5.52 Å². The Kier molecular flexibility index (Phi) is 3.26. The lowest BCUT2D eigenvalue weighted by Gasteiger charge is -2.15. The van der Waals surface area contributed by atoms with Gasteiger partial charge in [0.15, 0.2) is 0 Å². The number of nitrogens with two attached hydrogens (primary N) is 1. The maximum atomic E-state index is 12.3. The van der Waals surface area contributed by atoms with Crippen LogP contribution in [0.1, 0.15) is 22.3 Å². The summed E-state index contributed by atoms with van der Waals surface area (Å²) in [5.74, 6) is 0. The molecule has 3 heteroatoms. The predicted octanol–water partition coefficient (Wildman–Crippen LogP) is 1.96. The van der Waals surface area contributed by atoms with E-state index in [1.54, 1.807) is 4.57 Å². The van der Waals surface area contributed by atoms with Gasteiger partial charge >= 0.3 is 0 Å². The highest BCUT2D eigenvalue weighted by Gasteiger charge is 2.13. The van der Waals surface area contributed by atoms with E-state index in [-0.39, 0.29) is 5.56 Å². The Hall–Kier alpha value is -1.61. The second kappa shape index (κ2) is 4.58. The minimum Gasteiger partial charge on any atom is -0.330 e. The summed E-state index contributed by atoms with van der Waals surface area (Å²) in [5.41, 5.74) is 11.0. The molecule has 0 saturated heterocycles. The number of nitrogens with zero attached hydrogens (tertiary/aromatic N) is 1. The average Bonchev–Trinajstić information content (AvgIpc) is 2.31. The zero-order valence-corrected chi connectivity index (χ0v) is 11.5. The normalized spacial score (nSPS) is 11.2. The fourth-order valence-corrected chi connectivity index (χ4v) is 2.76. The van der Waals surface area contributed by atoms with Gasteiger partial charge in [-0.05, 0) is 56.5 Å². The van der Waals surface area contributed by atoms with E-state index in [1.807, 2.05) is 14.0 Å². The van der Waals surface area contributed by atoms with Crippen LogP contribution in [0.3, 0.4) is 0 Å². The Bertz CT molecular complexity index is 668. The van der Waals surface area contributed by atoms with Gasteiger partial charge in [-0.3, -0.25) is 4.79 Å². The van der Waals surface area contributed by atoms with Crippen LogP contribution in [0, 0.1) is 20.8 Å². The summed E-state index contributed by atoms with van der Waals surface area (Å²) >= 11 is 0. The Labute approximate surface area is 107 Å². The summed E-state index contributed by atoms with van der Waals surface area (Å²) in [7, 11) is 1.84. The summed E-state index contributed by atoms with van der Waals surface area (Å²) < 4.78 is 1.74. The van der Waals surface area contributed by atoms with Crippen LogP contribution in [-0.4, -0.2) is 11.1 Å². The van der Waals surface area contributed by atoms with E-state index in [4.69, 9.17) is 5.73 Å². The van der Waals surface area contributed by atoms with Gasteiger partial charge in [-0.15, -0.1) is 0 Å². The van der Waals surface area contributed by atoms with Crippen LogP contribution in [-0.2, 0) is 13.5 Å². The molecule has 2 N–H and O–H groups in total. The molecule has 0 fully saturated rings. The SMILES string of the molecule is Cc1cc(C)c2c(C)c(CCN)c(=O)n(C)c2c1. The van der Waals surface area contributed by atoms with Crippen LogP contribution in [0.5, 0.6) is 0 Å². The van der Waals surface area contributed by atoms with Gasteiger partial charge in [0.25, 0.3) is 5.56 Å². The summed E-state index contributed by atoms with van der Waals surface area (Å²) in [4.78, 5) is 12.3. The van der Waals surface area contributed by atoms with E-state index >= 15 is 0 Å². The molecule has 0 aliphatic carbocycles. The highest BCUT2D eigenvalue weighted by molar-refractivity contribution is 5.87. The molecule has 1 aromatic carbocycles. The topological polar surface area (TPSA) is 48.0 Å². The van der Waals surface area contributed by atoms with E-state index in [1.165, 1.54) is 16.5 Å². The molecule has 18 heavy (non-hydrogen) atoms. The number of hydrogen-bond acceptors (Lipinski definition) is 2. The van der Waals surface area contributed by atoms with Crippen LogP contribution in [0.4, 0.5) is 0 Å². The molecule has 0 radical (unpaired) electrons. The fraction of sp³-hybridized carbons (Fsp3) is 0.400. The minimum absolute atomic E-state index is 0.0791. The third kappa shape index (κ3) is 1.85. The Morgan fingerprint density at radius 3 is 2.50 bits per heavy atom. The highest BCUT2D eigenvalue weighted by Crippen LogP contribution is 2.24. The molecular weight excluding hydrogens is 224 g/mol. The lowest BCUT2D eigenvalue weighted by molar-refractivity contribution is 0.848. The van der Waals surface area contributed by atoms with Crippen molar-refractivity contribution in [2.24, 2.45) is 12.8 Å². The summed E-state index contributed by atoms with van der Waals surface area (Å²) in [6.45, 7) is 6.68. The number of benzene rings is 1. The van der Waals surface area contributed by atoms with E-state index in [2.05, 4.69) is 26.0 Å². The summed E-state index contributed by atoms with van der Waals surface area (Å²) in [5, 5.41) is 1.19. The van der Waals surface area contributed by atoms with Crippen molar-refractivity contribution >= 4 is 10.9 Å². The number of rotatable bonds is 2. The molecule has 0 atom stereocenters. The standard InChI is InChI=1S/C15H20N2O/c1-9-7-10(2)14-11(3)12(5-6-16)15(18)17(4)13(14)8-9/h7-8H,5-6,16H2,1-4H3. The van der Waals surface area contributed by atoms with Crippen molar-refractivity contribution in [3.05, 3.63) is 44.7 Å². The largest absolute Gasteiger partial charge is 0.330 e. The first-order valence-electron chi connectivity index (χ1n) is 6.27. The Balaban J connectivity index is 2.98. The van der Waals surface area contributed by atoms with Crippen LogP contribution >= 0.6 is 0 Å². The Morgan fingerprint density at radius 2 is 1.89 bits per heavy atom. The van der Waals surface area contributed by atoms with E-state index in [9.17, 15) is 4.79 Å². The second-order valence-corrected chi connectivity index (χ2v) is 4.98. The smallest absolute Gasteiger partial charge is 0.254 e. The maximum absolute atomic E-state index is 12.3.